The van der Waals surface area contributed by atoms with Gasteiger partial charge in [-0.25, -0.2) is 13.6 Å². The smallest absolute Gasteiger partial charge is 0.408 e. The predicted octanol–water partition coefficient (Wildman–Crippen LogP) is 4.59. The summed E-state index contributed by atoms with van der Waals surface area (Å²) < 4.78 is 36.2. The van der Waals surface area contributed by atoms with Crippen LogP contribution in [-0.2, 0) is 11.3 Å². The van der Waals surface area contributed by atoms with Gasteiger partial charge in [0.25, 0.3) is 5.92 Å². The quantitative estimate of drug-likeness (QED) is 0.834. The van der Waals surface area contributed by atoms with Crippen molar-refractivity contribution in [1.82, 2.24) is 10.2 Å². The van der Waals surface area contributed by atoms with E-state index < -0.39 is 29.1 Å². The summed E-state index contributed by atoms with van der Waals surface area (Å²) in [4.78, 5) is 14.5. The van der Waals surface area contributed by atoms with Gasteiger partial charge in [-0.2, -0.15) is 0 Å². The number of nitrogens with one attached hydrogen (secondary N) is 1. The maximum Gasteiger partial charge on any atom is 0.408 e. The fourth-order valence-electron chi connectivity index (χ4n) is 4.35. The minimum atomic E-state index is -2.95. The average Bonchev–Trinajstić information content (AvgIpc) is 2.61. The molecule has 0 spiro atoms. The zero-order valence-corrected chi connectivity index (χ0v) is 16.4. The lowest BCUT2D eigenvalue weighted by atomic mass is 9.77. The van der Waals surface area contributed by atoms with Gasteiger partial charge in [0, 0.05) is 25.6 Å². The zero-order valence-electron chi connectivity index (χ0n) is 16.4. The Labute approximate surface area is 160 Å². The molecule has 0 radical (unpaired) electrons. The number of halogens is 2. The minimum Gasteiger partial charge on any atom is -0.444 e. The van der Waals surface area contributed by atoms with E-state index in [0.29, 0.717) is 25.9 Å². The molecule has 3 rings (SSSR count). The molecular weight excluding hydrogens is 350 g/mol. The summed E-state index contributed by atoms with van der Waals surface area (Å²) >= 11 is 0. The van der Waals surface area contributed by atoms with E-state index in [0.717, 1.165) is 12.0 Å². The highest BCUT2D eigenvalue weighted by molar-refractivity contribution is 5.69. The van der Waals surface area contributed by atoms with Crippen molar-refractivity contribution in [2.75, 3.05) is 13.1 Å². The van der Waals surface area contributed by atoms with Gasteiger partial charge in [-0.15, -0.1) is 0 Å². The Bertz CT molecular complexity index is 660. The number of piperidine rings is 1. The predicted molar refractivity (Wildman–Crippen MR) is 101 cm³/mol. The molecule has 2 atom stereocenters. The van der Waals surface area contributed by atoms with Crippen LogP contribution >= 0.6 is 0 Å². The fraction of sp³-hybridized carbons (Fsp3) is 0.667. The van der Waals surface area contributed by atoms with E-state index in [1.165, 1.54) is 0 Å². The molecule has 1 saturated heterocycles. The average molecular weight is 380 g/mol. The molecule has 2 aliphatic rings. The molecule has 2 fully saturated rings. The first-order valence-corrected chi connectivity index (χ1v) is 9.77. The van der Waals surface area contributed by atoms with Crippen molar-refractivity contribution in [2.24, 2.45) is 5.92 Å². The number of carbonyl (C=O) groups is 1. The third kappa shape index (κ3) is 4.42. The molecule has 1 aliphatic heterocycles. The van der Waals surface area contributed by atoms with Crippen molar-refractivity contribution in [1.29, 1.82) is 0 Å². The Morgan fingerprint density at radius 2 is 1.96 bits per heavy atom. The molecular formula is C21H30F2N2O2. The molecule has 1 N–H and O–H groups in total. The van der Waals surface area contributed by atoms with Crippen LogP contribution in [0.3, 0.4) is 0 Å². The first kappa shape index (κ1) is 20.1. The minimum absolute atomic E-state index is 0.130. The number of hydrogen-bond acceptors (Lipinski definition) is 3. The molecule has 1 amide bonds. The van der Waals surface area contributed by atoms with Crippen LogP contribution in [0.2, 0.25) is 0 Å². The molecule has 1 aromatic rings. The van der Waals surface area contributed by atoms with Gasteiger partial charge in [-0.3, -0.25) is 4.90 Å². The van der Waals surface area contributed by atoms with Gasteiger partial charge in [-0.1, -0.05) is 43.2 Å². The molecule has 2 bridgehead atoms. The third-order valence-electron chi connectivity index (χ3n) is 5.52. The number of benzene rings is 1. The second kappa shape index (κ2) is 7.38. The lowest BCUT2D eigenvalue weighted by Crippen LogP contribution is -2.71. The highest BCUT2D eigenvalue weighted by Crippen LogP contribution is 2.48. The van der Waals surface area contributed by atoms with Gasteiger partial charge < -0.3 is 10.1 Å². The van der Waals surface area contributed by atoms with Crippen LogP contribution in [0.25, 0.3) is 0 Å². The van der Waals surface area contributed by atoms with Crippen LogP contribution < -0.4 is 5.32 Å². The van der Waals surface area contributed by atoms with Gasteiger partial charge in [0.2, 0.25) is 0 Å². The summed E-state index contributed by atoms with van der Waals surface area (Å²) in [5.41, 5.74) is -1.21. The normalized spacial score (nSPS) is 28.3. The van der Waals surface area contributed by atoms with Crippen LogP contribution in [0.15, 0.2) is 30.3 Å². The number of hydrogen-bond donors (Lipinski definition) is 1. The zero-order chi connectivity index (χ0) is 19.7. The number of ether oxygens (including phenoxy) is 1. The van der Waals surface area contributed by atoms with Crippen molar-refractivity contribution in [3.63, 3.8) is 0 Å². The van der Waals surface area contributed by atoms with Crippen molar-refractivity contribution < 1.29 is 18.3 Å². The first-order valence-electron chi connectivity index (χ1n) is 9.77. The molecule has 2 unspecified atom stereocenters. The monoisotopic (exact) mass is 380 g/mol. The highest BCUT2D eigenvalue weighted by atomic mass is 19.3. The van der Waals surface area contributed by atoms with Crippen LogP contribution in [0, 0.1) is 5.92 Å². The number of amides is 1. The van der Waals surface area contributed by atoms with E-state index in [4.69, 9.17) is 4.74 Å². The van der Waals surface area contributed by atoms with Crippen molar-refractivity contribution in [2.45, 2.75) is 70.1 Å². The number of nitrogens with zero attached hydrogens (tertiary/aromatic N) is 1. The standard InChI is InChI=1S/C21H30F2N2O2/c1-19(2,3)27-18(26)24-20-12-8-7-11-17(21(20,22)23)14-25(15-20)13-16-9-5-4-6-10-16/h4-6,9-10,17H,7-8,11-15H2,1-3H3,(H,24,26). The van der Waals surface area contributed by atoms with E-state index in [1.807, 2.05) is 30.3 Å². The van der Waals surface area contributed by atoms with Gasteiger partial charge in [-0.05, 0) is 39.2 Å². The van der Waals surface area contributed by atoms with E-state index in [9.17, 15) is 4.79 Å². The molecule has 0 aromatic heterocycles. The maximum absolute atomic E-state index is 15.4. The Hall–Kier alpha value is -1.69. The summed E-state index contributed by atoms with van der Waals surface area (Å²) in [5, 5.41) is 2.61. The van der Waals surface area contributed by atoms with Crippen LogP contribution in [0.5, 0.6) is 0 Å². The summed E-state index contributed by atoms with van der Waals surface area (Å²) in [5.74, 6) is -3.71. The number of fused-ring (bicyclic) bond motifs is 2. The van der Waals surface area contributed by atoms with Crippen LogP contribution in [0.1, 0.15) is 52.0 Å². The molecule has 4 nitrogen and oxygen atoms in total. The van der Waals surface area contributed by atoms with E-state index >= 15 is 8.78 Å². The highest BCUT2D eigenvalue weighted by Gasteiger charge is 2.63. The second-order valence-electron chi connectivity index (χ2n) is 8.93. The fourth-order valence-corrected chi connectivity index (χ4v) is 4.35. The van der Waals surface area contributed by atoms with Gasteiger partial charge in [0.05, 0.1) is 0 Å². The van der Waals surface area contributed by atoms with Crippen molar-refractivity contribution in [3.8, 4) is 0 Å². The Kier molecular flexibility index (Phi) is 5.48. The molecule has 6 heteroatoms. The summed E-state index contributed by atoms with van der Waals surface area (Å²) in [6.45, 7) is 6.29. The number of alkyl carbamates (subject to hydrolysis) is 1. The Balaban J connectivity index is 1.85. The van der Waals surface area contributed by atoms with Crippen molar-refractivity contribution >= 4 is 6.09 Å². The van der Waals surface area contributed by atoms with Gasteiger partial charge in [0.15, 0.2) is 0 Å². The van der Waals surface area contributed by atoms with E-state index in [-0.39, 0.29) is 13.0 Å². The Morgan fingerprint density at radius 1 is 1.26 bits per heavy atom. The largest absolute Gasteiger partial charge is 0.444 e. The summed E-state index contributed by atoms with van der Waals surface area (Å²) in [6, 6.07) is 9.86. The van der Waals surface area contributed by atoms with E-state index in [2.05, 4.69) is 10.2 Å². The molecule has 1 aliphatic carbocycles. The maximum atomic E-state index is 15.4. The molecule has 1 saturated carbocycles. The summed E-state index contributed by atoms with van der Waals surface area (Å²) in [7, 11) is 0. The molecule has 1 heterocycles. The van der Waals surface area contributed by atoms with Gasteiger partial charge >= 0.3 is 6.09 Å². The SMILES string of the molecule is CC(C)(C)OC(=O)NC12CCCCC(CN(Cc3ccccc3)C1)C2(F)F. The lowest BCUT2D eigenvalue weighted by molar-refractivity contribution is -0.173. The van der Waals surface area contributed by atoms with Crippen molar-refractivity contribution in [3.05, 3.63) is 35.9 Å². The molecule has 1 aromatic carbocycles. The van der Waals surface area contributed by atoms with E-state index in [1.54, 1.807) is 20.8 Å². The lowest BCUT2D eigenvalue weighted by Gasteiger charge is -2.51. The molecule has 150 valence electrons. The second-order valence-corrected chi connectivity index (χ2v) is 8.93. The van der Waals surface area contributed by atoms with Crippen LogP contribution in [0.4, 0.5) is 13.6 Å². The van der Waals surface area contributed by atoms with Crippen LogP contribution in [-0.4, -0.2) is 41.1 Å². The van der Waals surface area contributed by atoms with Gasteiger partial charge in [0.1, 0.15) is 11.1 Å². The summed E-state index contributed by atoms with van der Waals surface area (Å²) in [6.07, 6.45) is 1.43. The number of likely N-dealkylation sites (tertiary alicyclic amines) is 1. The number of rotatable bonds is 3. The number of carbonyl (C=O) groups excluding carboxylic acids is 1. The molecule has 27 heavy (non-hydrogen) atoms. The first-order chi connectivity index (χ1) is 12.6. The topological polar surface area (TPSA) is 41.6 Å². The third-order valence-corrected chi connectivity index (χ3v) is 5.52. The number of alkyl halides is 2. The Morgan fingerprint density at radius 3 is 2.63 bits per heavy atom.